The van der Waals surface area contributed by atoms with Gasteiger partial charge in [0.1, 0.15) is 18.1 Å². The molecule has 1 atom stereocenters. The van der Waals surface area contributed by atoms with Crippen LogP contribution >= 0.6 is 0 Å². The van der Waals surface area contributed by atoms with E-state index in [1.165, 1.54) is 0 Å². The molecule has 0 fully saturated rings. The third kappa shape index (κ3) is 5.73. The summed E-state index contributed by atoms with van der Waals surface area (Å²) in [6, 6.07) is 13.3. The van der Waals surface area contributed by atoms with Gasteiger partial charge in [-0.2, -0.15) is 0 Å². The van der Waals surface area contributed by atoms with Crippen molar-refractivity contribution in [2.24, 2.45) is 0 Å². The summed E-state index contributed by atoms with van der Waals surface area (Å²) in [7, 11) is 3.23. The molecule has 0 radical (unpaired) electrons. The Kier molecular flexibility index (Phi) is 7.46. The maximum atomic E-state index is 12.5. The van der Waals surface area contributed by atoms with Crippen LogP contribution in [0.4, 0.5) is 0 Å². The molecule has 0 aromatic heterocycles. The van der Waals surface area contributed by atoms with Crippen molar-refractivity contribution in [1.82, 2.24) is 5.32 Å². The summed E-state index contributed by atoms with van der Waals surface area (Å²) in [6.45, 7) is 9.14. The average Bonchev–Trinajstić information content (AvgIpc) is 2.65. The van der Waals surface area contributed by atoms with Gasteiger partial charge in [-0.1, -0.05) is 39.0 Å². The van der Waals surface area contributed by atoms with Gasteiger partial charge in [0.25, 0.3) is 5.91 Å². The minimum Gasteiger partial charge on any atom is -0.496 e. The molecule has 0 saturated carbocycles. The van der Waals surface area contributed by atoms with Crippen LogP contribution in [0.1, 0.15) is 49.2 Å². The second kappa shape index (κ2) is 9.60. The van der Waals surface area contributed by atoms with Gasteiger partial charge >= 0.3 is 0 Å². The summed E-state index contributed by atoms with van der Waals surface area (Å²) in [5.41, 5.74) is 2.49. The van der Waals surface area contributed by atoms with Gasteiger partial charge in [-0.05, 0) is 42.2 Å². The summed E-state index contributed by atoms with van der Waals surface area (Å²) >= 11 is 0. The average molecular weight is 386 g/mol. The van der Waals surface area contributed by atoms with Crippen LogP contribution in [0, 0.1) is 0 Å². The fourth-order valence-corrected chi connectivity index (χ4v) is 3.00. The SMILES string of the molecule is COCC(C)NC(=O)c1ccc(OC)c(COc2ccccc2C(C)(C)C)c1. The Hall–Kier alpha value is -2.53. The van der Waals surface area contributed by atoms with Crippen molar-refractivity contribution in [1.29, 1.82) is 0 Å². The Morgan fingerprint density at radius 3 is 2.43 bits per heavy atom. The Labute approximate surface area is 168 Å². The number of carbonyl (C=O) groups is 1. The molecule has 0 heterocycles. The fraction of sp³-hybridized carbons (Fsp3) is 0.435. The lowest BCUT2D eigenvalue weighted by Gasteiger charge is -2.23. The van der Waals surface area contributed by atoms with Crippen LogP contribution in [0.3, 0.4) is 0 Å². The molecule has 1 unspecified atom stereocenters. The Balaban J connectivity index is 2.20. The predicted octanol–water partition coefficient (Wildman–Crippen LogP) is 4.34. The molecule has 0 spiro atoms. The van der Waals surface area contributed by atoms with Gasteiger partial charge in [0.15, 0.2) is 0 Å². The van der Waals surface area contributed by atoms with E-state index in [-0.39, 0.29) is 17.4 Å². The number of amides is 1. The number of methoxy groups -OCH3 is 2. The Morgan fingerprint density at radius 2 is 1.79 bits per heavy atom. The molecule has 2 aromatic carbocycles. The lowest BCUT2D eigenvalue weighted by atomic mass is 9.86. The van der Waals surface area contributed by atoms with Crippen LogP contribution < -0.4 is 14.8 Å². The number of benzene rings is 2. The standard InChI is InChI=1S/C23H31NO4/c1-16(14-26-5)24-22(25)17-11-12-20(27-6)18(13-17)15-28-21-10-8-7-9-19(21)23(2,3)4/h7-13,16H,14-15H2,1-6H3,(H,24,25). The van der Waals surface area contributed by atoms with Gasteiger partial charge in [-0.25, -0.2) is 0 Å². The quantitative estimate of drug-likeness (QED) is 0.735. The summed E-state index contributed by atoms with van der Waals surface area (Å²) in [5.74, 6) is 1.37. The number of carbonyl (C=O) groups excluding carboxylic acids is 1. The predicted molar refractivity (Wildman–Crippen MR) is 111 cm³/mol. The minimum atomic E-state index is -0.149. The maximum absolute atomic E-state index is 12.5. The van der Waals surface area contributed by atoms with E-state index in [0.717, 1.165) is 16.9 Å². The highest BCUT2D eigenvalue weighted by atomic mass is 16.5. The molecule has 5 nitrogen and oxygen atoms in total. The smallest absolute Gasteiger partial charge is 0.251 e. The topological polar surface area (TPSA) is 56.8 Å². The van der Waals surface area contributed by atoms with Crippen LogP contribution in [0.2, 0.25) is 0 Å². The highest BCUT2D eigenvalue weighted by molar-refractivity contribution is 5.94. The van der Waals surface area contributed by atoms with Gasteiger partial charge < -0.3 is 19.5 Å². The molecule has 152 valence electrons. The van der Waals surface area contributed by atoms with Crippen molar-refractivity contribution in [2.45, 2.75) is 45.8 Å². The van der Waals surface area contributed by atoms with Gasteiger partial charge in [0.2, 0.25) is 0 Å². The zero-order chi connectivity index (χ0) is 20.7. The second-order valence-corrected chi connectivity index (χ2v) is 7.89. The molecule has 1 N–H and O–H groups in total. The van der Waals surface area contributed by atoms with Crippen LogP contribution in [0.25, 0.3) is 0 Å². The summed E-state index contributed by atoms with van der Waals surface area (Å²) in [4.78, 5) is 12.5. The zero-order valence-electron chi connectivity index (χ0n) is 17.7. The normalized spacial score (nSPS) is 12.4. The van der Waals surface area contributed by atoms with E-state index in [9.17, 15) is 4.79 Å². The minimum absolute atomic E-state index is 0.0279. The molecule has 0 aliphatic heterocycles. The Bertz CT molecular complexity index is 795. The third-order valence-electron chi connectivity index (χ3n) is 4.41. The molecule has 0 aliphatic rings. The van der Waals surface area contributed by atoms with Crippen molar-refractivity contribution < 1.29 is 19.0 Å². The number of rotatable bonds is 8. The molecule has 0 saturated heterocycles. The molecular formula is C23H31NO4. The lowest BCUT2D eigenvalue weighted by molar-refractivity contribution is 0.0905. The van der Waals surface area contributed by atoms with Crippen molar-refractivity contribution in [3.8, 4) is 11.5 Å². The first-order valence-corrected chi connectivity index (χ1v) is 9.45. The molecule has 28 heavy (non-hydrogen) atoms. The molecule has 2 rings (SSSR count). The number of hydrogen-bond acceptors (Lipinski definition) is 4. The van der Waals surface area contributed by atoms with Gasteiger partial charge in [-0.3, -0.25) is 4.79 Å². The summed E-state index contributed by atoms with van der Waals surface area (Å²) in [5, 5.41) is 2.92. The van der Waals surface area contributed by atoms with Crippen LogP contribution in [0.15, 0.2) is 42.5 Å². The number of hydrogen-bond donors (Lipinski definition) is 1. The van der Waals surface area contributed by atoms with Gasteiger partial charge in [0.05, 0.1) is 13.7 Å². The molecule has 0 aliphatic carbocycles. The molecule has 5 heteroatoms. The maximum Gasteiger partial charge on any atom is 0.251 e. The monoisotopic (exact) mass is 385 g/mol. The summed E-state index contributed by atoms with van der Waals surface area (Å²) < 4.78 is 16.6. The largest absolute Gasteiger partial charge is 0.496 e. The highest BCUT2D eigenvalue weighted by Crippen LogP contribution is 2.32. The van der Waals surface area contributed by atoms with Gasteiger partial charge in [-0.15, -0.1) is 0 Å². The second-order valence-electron chi connectivity index (χ2n) is 7.89. The van der Waals surface area contributed by atoms with E-state index in [4.69, 9.17) is 14.2 Å². The first kappa shape index (κ1) is 21.8. The molecule has 2 aromatic rings. The van der Waals surface area contributed by atoms with E-state index in [1.807, 2.05) is 31.2 Å². The van der Waals surface area contributed by atoms with E-state index >= 15 is 0 Å². The molecule has 0 bridgehead atoms. The van der Waals surface area contributed by atoms with E-state index < -0.39 is 0 Å². The Morgan fingerprint density at radius 1 is 1.07 bits per heavy atom. The lowest BCUT2D eigenvalue weighted by Crippen LogP contribution is -2.35. The van der Waals surface area contributed by atoms with Crippen LogP contribution in [-0.2, 0) is 16.8 Å². The van der Waals surface area contributed by atoms with Crippen molar-refractivity contribution in [3.05, 3.63) is 59.2 Å². The number of nitrogens with one attached hydrogen (secondary N) is 1. The van der Waals surface area contributed by atoms with Crippen molar-refractivity contribution in [2.75, 3.05) is 20.8 Å². The van der Waals surface area contributed by atoms with Crippen LogP contribution in [-0.4, -0.2) is 32.8 Å². The van der Waals surface area contributed by atoms with Gasteiger partial charge in [0, 0.05) is 24.3 Å². The summed E-state index contributed by atoms with van der Waals surface area (Å²) in [6.07, 6.45) is 0. The highest BCUT2D eigenvalue weighted by Gasteiger charge is 2.19. The van der Waals surface area contributed by atoms with Crippen molar-refractivity contribution in [3.63, 3.8) is 0 Å². The third-order valence-corrected chi connectivity index (χ3v) is 4.41. The number of para-hydroxylation sites is 1. The van der Waals surface area contributed by atoms with E-state index in [1.54, 1.807) is 26.4 Å². The van der Waals surface area contributed by atoms with Crippen LogP contribution in [0.5, 0.6) is 11.5 Å². The molecule has 1 amide bonds. The van der Waals surface area contributed by atoms with E-state index in [2.05, 4.69) is 32.2 Å². The first-order valence-electron chi connectivity index (χ1n) is 9.45. The molecular weight excluding hydrogens is 354 g/mol. The zero-order valence-corrected chi connectivity index (χ0v) is 17.7. The van der Waals surface area contributed by atoms with Crippen molar-refractivity contribution >= 4 is 5.91 Å². The first-order chi connectivity index (χ1) is 13.3. The number of ether oxygens (including phenoxy) is 3. The fourth-order valence-electron chi connectivity index (χ4n) is 3.00. The van der Waals surface area contributed by atoms with E-state index in [0.29, 0.717) is 24.5 Å².